The van der Waals surface area contributed by atoms with E-state index >= 15 is 0 Å². The summed E-state index contributed by atoms with van der Waals surface area (Å²) in [4.78, 5) is 22.8. The first-order valence-electron chi connectivity index (χ1n) is 4.77. The fraction of sp³-hybridized carbons (Fsp3) is 0.273. The zero-order valence-electron chi connectivity index (χ0n) is 8.58. The van der Waals surface area contributed by atoms with Crippen molar-refractivity contribution in [1.82, 2.24) is 0 Å². The van der Waals surface area contributed by atoms with E-state index in [-0.39, 0.29) is 22.8 Å². The Morgan fingerprint density at radius 1 is 1.56 bits per heavy atom. The molecule has 1 aromatic carbocycles. The maximum Gasteiger partial charge on any atom is 0.261 e. The molecule has 1 unspecified atom stereocenters. The molecular weight excluding hydrogens is 230 g/mol. The van der Waals surface area contributed by atoms with Gasteiger partial charge in [0, 0.05) is 22.7 Å². The number of amides is 1. The third-order valence-corrected chi connectivity index (χ3v) is 2.87. The van der Waals surface area contributed by atoms with Crippen LogP contribution in [0.4, 0.5) is 5.69 Å². The standard InChI is InChI=1S/C11H10ClNO3/c1-6(14)5-11(16)9-7(12)3-2-4-8(9)13-10(11)15/h2-4,16H,5H2,1H3,(H,13,15). The van der Waals surface area contributed by atoms with Gasteiger partial charge in [-0.2, -0.15) is 0 Å². The Labute approximate surface area is 97.2 Å². The van der Waals surface area contributed by atoms with Crippen LogP contribution in [0.1, 0.15) is 18.9 Å². The topological polar surface area (TPSA) is 66.4 Å². The van der Waals surface area contributed by atoms with Crippen LogP contribution in [0.3, 0.4) is 0 Å². The van der Waals surface area contributed by atoms with E-state index in [2.05, 4.69) is 5.32 Å². The second-order valence-corrected chi connectivity index (χ2v) is 4.26. The average Bonchev–Trinajstić information content (AvgIpc) is 2.39. The SMILES string of the molecule is CC(=O)CC1(O)C(=O)Nc2cccc(Cl)c21. The van der Waals surface area contributed by atoms with Crippen LogP contribution in [0.5, 0.6) is 0 Å². The number of hydrogen-bond donors (Lipinski definition) is 2. The minimum atomic E-state index is -1.83. The lowest BCUT2D eigenvalue weighted by Crippen LogP contribution is -2.36. The van der Waals surface area contributed by atoms with E-state index < -0.39 is 11.5 Å². The molecule has 84 valence electrons. The molecule has 2 rings (SSSR count). The first-order valence-corrected chi connectivity index (χ1v) is 5.15. The van der Waals surface area contributed by atoms with E-state index in [4.69, 9.17) is 11.6 Å². The largest absolute Gasteiger partial charge is 0.375 e. The van der Waals surface area contributed by atoms with Crippen molar-refractivity contribution in [3.63, 3.8) is 0 Å². The van der Waals surface area contributed by atoms with E-state index in [1.807, 2.05) is 0 Å². The maximum absolute atomic E-state index is 11.7. The Kier molecular flexibility index (Phi) is 2.48. The predicted octanol–water partition coefficient (Wildman–Crippen LogP) is 1.46. The minimum Gasteiger partial charge on any atom is -0.375 e. The lowest BCUT2D eigenvalue weighted by atomic mass is 9.90. The molecule has 1 atom stereocenters. The van der Waals surface area contributed by atoms with Gasteiger partial charge in [0.15, 0.2) is 5.60 Å². The molecule has 4 nitrogen and oxygen atoms in total. The molecular formula is C11H10ClNO3. The van der Waals surface area contributed by atoms with Crippen LogP contribution in [0.15, 0.2) is 18.2 Å². The lowest BCUT2D eigenvalue weighted by Gasteiger charge is -2.19. The normalized spacial score (nSPS) is 22.8. The Hall–Kier alpha value is -1.39. The van der Waals surface area contributed by atoms with Crippen LogP contribution in [-0.2, 0) is 15.2 Å². The maximum atomic E-state index is 11.7. The third kappa shape index (κ3) is 1.50. The quantitative estimate of drug-likeness (QED) is 0.821. The highest BCUT2D eigenvalue weighted by atomic mass is 35.5. The van der Waals surface area contributed by atoms with E-state index in [0.29, 0.717) is 5.69 Å². The molecule has 0 aromatic heterocycles. The molecule has 1 aliphatic heterocycles. The van der Waals surface area contributed by atoms with Crippen molar-refractivity contribution in [1.29, 1.82) is 0 Å². The van der Waals surface area contributed by atoms with Crippen molar-refractivity contribution in [2.45, 2.75) is 18.9 Å². The number of hydrogen-bond acceptors (Lipinski definition) is 3. The molecule has 0 fully saturated rings. The number of Topliss-reactive ketones (excluding diaryl/α,β-unsaturated/α-hetero) is 1. The highest BCUT2D eigenvalue weighted by molar-refractivity contribution is 6.33. The molecule has 0 saturated carbocycles. The van der Waals surface area contributed by atoms with Crippen molar-refractivity contribution in [3.05, 3.63) is 28.8 Å². The van der Waals surface area contributed by atoms with Crippen molar-refractivity contribution in [2.75, 3.05) is 5.32 Å². The Balaban J connectivity index is 2.58. The number of carbonyl (C=O) groups excluding carboxylic acids is 2. The molecule has 0 aliphatic carbocycles. The Bertz CT molecular complexity index is 486. The molecule has 5 heteroatoms. The molecule has 1 amide bonds. The van der Waals surface area contributed by atoms with Gasteiger partial charge in [-0.25, -0.2) is 0 Å². The molecule has 2 N–H and O–H groups in total. The molecule has 1 aromatic rings. The molecule has 16 heavy (non-hydrogen) atoms. The van der Waals surface area contributed by atoms with Crippen LogP contribution in [0.25, 0.3) is 0 Å². The van der Waals surface area contributed by atoms with Crippen molar-refractivity contribution >= 4 is 29.0 Å². The highest BCUT2D eigenvalue weighted by Crippen LogP contribution is 2.42. The van der Waals surface area contributed by atoms with Gasteiger partial charge >= 0.3 is 0 Å². The summed E-state index contributed by atoms with van der Waals surface area (Å²) in [5.41, 5.74) is -1.09. The second kappa shape index (κ2) is 3.57. The number of nitrogens with one attached hydrogen (secondary N) is 1. The lowest BCUT2D eigenvalue weighted by molar-refractivity contribution is -0.139. The fourth-order valence-corrected chi connectivity index (χ4v) is 2.25. The number of rotatable bonds is 2. The van der Waals surface area contributed by atoms with E-state index in [1.54, 1.807) is 18.2 Å². The fourth-order valence-electron chi connectivity index (χ4n) is 1.92. The average molecular weight is 240 g/mol. The summed E-state index contributed by atoms with van der Waals surface area (Å²) < 4.78 is 0. The minimum absolute atomic E-state index is 0.268. The summed E-state index contributed by atoms with van der Waals surface area (Å²) in [6.07, 6.45) is -0.268. The molecule has 0 radical (unpaired) electrons. The summed E-state index contributed by atoms with van der Waals surface area (Å²) in [5.74, 6) is -0.879. The molecule has 0 bridgehead atoms. The monoisotopic (exact) mass is 239 g/mol. The van der Waals surface area contributed by atoms with Crippen LogP contribution >= 0.6 is 11.6 Å². The Morgan fingerprint density at radius 2 is 2.25 bits per heavy atom. The first-order chi connectivity index (χ1) is 7.45. The van der Waals surface area contributed by atoms with Gasteiger partial charge < -0.3 is 10.4 Å². The summed E-state index contributed by atoms with van der Waals surface area (Å²) in [6, 6.07) is 4.88. The summed E-state index contributed by atoms with van der Waals surface area (Å²) in [5, 5.41) is 13.0. The van der Waals surface area contributed by atoms with Gasteiger partial charge in [0.05, 0.1) is 0 Å². The van der Waals surface area contributed by atoms with Gasteiger partial charge in [-0.3, -0.25) is 9.59 Å². The zero-order valence-corrected chi connectivity index (χ0v) is 9.34. The van der Waals surface area contributed by atoms with Crippen molar-refractivity contribution < 1.29 is 14.7 Å². The van der Waals surface area contributed by atoms with Crippen LogP contribution < -0.4 is 5.32 Å². The number of ketones is 1. The van der Waals surface area contributed by atoms with Gasteiger partial charge in [0.25, 0.3) is 5.91 Å². The van der Waals surface area contributed by atoms with Gasteiger partial charge in [0.1, 0.15) is 5.78 Å². The number of fused-ring (bicyclic) bond motifs is 1. The smallest absolute Gasteiger partial charge is 0.261 e. The van der Waals surface area contributed by atoms with Crippen molar-refractivity contribution in [2.24, 2.45) is 0 Å². The van der Waals surface area contributed by atoms with Crippen LogP contribution in [0.2, 0.25) is 5.02 Å². The third-order valence-electron chi connectivity index (χ3n) is 2.56. The molecule has 1 heterocycles. The van der Waals surface area contributed by atoms with Crippen molar-refractivity contribution in [3.8, 4) is 0 Å². The highest BCUT2D eigenvalue weighted by Gasteiger charge is 2.47. The molecule has 0 saturated heterocycles. The van der Waals surface area contributed by atoms with Gasteiger partial charge in [-0.05, 0) is 19.1 Å². The van der Waals surface area contributed by atoms with Gasteiger partial charge in [-0.1, -0.05) is 17.7 Å². The van der Waals surface area contributed by atoms with Crippen LogP contribution in [-0.4, -0.2) is 16.8 Å². The van der Waals surface area contributed by atoms with Gasteiger partial charge in [0.2, 0.25) is 0 Å². The second-order valence-electron chi connectivity index (χ2n) is 3.86. The van der Waals surface area contributed by atoms with E-state index in [0.717, 1.165) is 0 Å². The number of halogens is 1. The molecule has 1 aliphatic rings. The predicted molar refractivity (Wildman–Crippen MR) is 59.3 cm³/mol. The Morgan fingerprint density at radius 3 is 2.88 bits per heavy atom. The van der Waals surface area contributed by atoms with Gasteiger partial charge in [-0.15, -0.1) is 0 Å². The molecule has 0 spiro atoms. The summed E-state index contributed by atoms with van der Waals surface area (Å²) >= 11 is 5.94. The number of aliphatic hydroxyl groups is 1. The number of carbonyl (C=O) groups is 2. The van der Waals surface area contributed by atoms with E-state index in [1.165, 1.54) is 6.92 Å². The number of anilines is 1. The number of benzene rings is 1. The zero-order chi connectivity index (χ0) is 11.9. The first kappa shape index (κ1) is 11.1. The van der Waals surface area contributed by atoms with Crippen LogP contribution in [0, 0.1) is 0 Å². The summed E-state index contributed by atoms with van der Waals surface area (Å²) in [6.45, 7) is 1.32. The van der Waals surface area contributed by atoms with E-state index in [9.17, 15) is 14.7 Å². The summed E-state index contributed by atoms with van der Waals surface area (Å²) in [7, 11) is 0.